The van der Waals surface area contributed by atoms with E-state index in [9.17, 15) is 24.1 Å². The van der Waals surface area contributed by atoms with E-state index in [-0.39, 0.29) is 30.5 Å². The van der Waals surface area contributed by atoms with E-state index < -0.39 is 56.2 Å². The second kappa shape index (κ2) is 15.2. The summed E-state index contributed by atoms with van der Waals surface area (Å²) in [4.78, 5) is 40.8. The maximum absolute atomic E-state index is 15.8. The summed E-state index contributed by atoms with van der Waals surface area (Å²) in [5.74, 6) is -1.03. The Kier molecular flexibility index (Phi) is 11.9. The first-order valence-corrected chi connectivity index (χ1v) is 15.0. The lowest BCUT2D eigenvalue weighted by molar-refractivity contribution is -0.145. The monoisotopic (exact) mass is 622 g/mol. The lowest BCUT2D eigenvalue weighted by Crippen LogP contribution is -2.43. The number of anilines is 1. The molecule has 2 aromatic rings. The van der Waals surface area contributed by atoms with Crippen molar-refractivity contribution in [3.05, 3.63) is 78.4 Å². The second-order valence-electron chi connectivity index (χ2n) is 9.79. The van der Waals surface area contributed by atoms with Crippen molar-refractivity contribution < 1.29 is 42.2 Å². The highest BCUT2D eigenvalue weighted by atomic mass is 31.2. The molecule has 13 nitrogen and oxygen atoms in total. The van der Waals surface area contributed by atoms with Gasteiger partial charge in [-0.25, -0.2) is 13.8 Å². The summed E-state index contributed by atoms with van der Waals surface area (Å²) < 4.78 is 52.2. The Labute approximate surface area is 248 Å². The van der Waals surface area contributed by atoms with Gasteiger partial charge in [0, 0.05) is 12.6 Å². The number of aromatic nitrogens is 2. The number of esters is 1. The highest BCUT2D eigenvalue weighted by Gasteiger charge is 2.56. The van der Waals surface area contributed by atoms with Crippen LogP contribution in [0.3, 0.4) is 0 Å². The van der Waals surface area contributed by atoms with Crippen LogP contribution < -0.4 is 20.6 Å². The van der Waals surface area contributed by atoms with Gasteiger partial charge in [0.05, 0.1) is 13.2 Å². The van der Waals surface area contributed by atoms with Crippen molar-refractivity contribution in [3.8, 4) is 5.75 Å². The number of amides is 1. The number of nitrogens with zero attached hydrogens (tertiary/aromatic N) is 2. The van der Waals surface area contributed by atoms with Gasteiger partial charge in [0.1, 0.15) is 29.8 Å². The molecule has 3 N–H and O–H groups in total. The first kappa shape index (κ1) is 33.8. The van der Waals surface area contributed by atoms with Gasteiger partial charge >= 0.3 is 19.4 Å². The number of halogens is 1. The molecule has 0 spiro atoms. The Morgan fingerprint density at radius 2 is 1.95 bits per heavy atom. The van der Waals surface area contributed by atoms with Gasteiger partial charge in [-0.1, -0.05) is 30.4 Å². The predicted octanol–water partition coefficient (Wildman–Crippen LogP) is 3.44. The zero-order valence-electron chi connectivity index (χ0n) is 23.9. The first-order valence-electron chi connectivity index (χ1n) is 13.5. The van der Waals surface area contributed by atoms with Crippen LogP contribution >= 0.6 is 7.75 Å². The van der Waals surface area contributed by atoms with E-state index in [2.05, 4.69) is 28.5 Å². The standard InChI is InChI=1S/C28H36FN4O9P/c1-5-7-14-23(34)30-22-15-16-33(27(37)31-22)26-28(4,29)24(35)21(41-26)18-40-43(38,42-20-12-10-9-11-13-20)32-19(3)25(36)39-17-8-6-2/h5-6,9-13,15-16,19,21,24,26,35H,1-2,7-8,14,17-18H2,3-4H3,(H,32,38)(H,30,31,34,37)/t19-,21+,24?,26+,28-,43-/m0/s1. The third kappa shape index (κ3) is 9.15. The van der Waals surface area contributed by atoms with Gasteiger partial charge in [-0.2, -0.15) is 10.1 Å². The number of para-hydroxylation sites is 1. The molecular weight excluding hydrogens is 586 g/mol. The number of benzene rings is 1. The topological polar surface area (TPSA) is 167 Å². The number of carbonyl (C=O) groups excluding carboxylic acids is 2. The van der Waals surface area contributed by atoms with Crippen molar-refractivity contribution in [1.29, 1.82) is 0 Å². The van der Waals surface area contributed by atoms with Gasteiger partial charge < -0.3 is 24.4 Å². The number of allylic oxidation sites excluding steroid dienone is 1. The molecule has 1 amide bonds. The molecule has 234 valence electrons. The third-order valence-corrected chi connectivity index (χ3v) is 7.94. The number of nitrogens with one attached hydrogen (secondary N) is 2. The van der Waals surface area contributed by atoms with Gasteiger partial charge in [-0.15, -0.1) is 13.2 Å². The number of hydrogen-bond acceptors (Lipinski definition) is 10. The Morgan fingerprint density at radius 1 is 1.26 bits per heavy atom. The molecular formula is C28H36FN4O9P. The Morgan fingerprint density at radius 3 is 2.60 bits per heavy atom. The summed E-state index contributed by atoms with van der Waals surface area (Å²) in [7, 11) is -4.35. The number of carbonyl (C=O) groups is 2. The van der Waals surface area contributed by atoms with Crippen LogP contribution in [0.25, 0.3) is 0 Å². The lowest BCUT2D eigenvalue weighted by Gasteiger charge is -2.25. The molecule has 43 heavy (non-hydrogen) atoms. The summed E-state index contributed by atoms with van der Waals surface area (Å²) in [6.07, 6.45) is 0.375. The Balaban J connectivity index is 1.75. The number of aliphatic hydroxyl groups is 1. The molecule has 6 atom stereocenters. The normalized spacial score (nSPS) is 23.5. The average molecular weight is 623 g/mol. The highest BCUT2D eigenvalue weighted by molar-refractivity contribution is 7.52. The Hall–Kier alpha value is -3.68. The van der Waals surface area contributed by atoms with Crippen LogP contribution in [0.2, 0.25) is 0 Å². The molecule has 1 aromatic heterocycles. The molecule has 1 saturated heterocycles. The van der Waals surface area contributed by atoms with Crippen LogP contribution in [0, 0.1) is 0 Å². The largest absolute Gasteiger partial charge is 0.464 e. The zero-order chi connectivity index (χ0) is 31.6. The Bertz CT molecular complexity index is 1390. The van der Waals surface area contributed by atoms with E-state index in [1.165, 1.54) is 31.3 Å². The summed E-state index contributed by atoms with van der Waals surface area (Å²) in [5.41, 5.74) is -3.47. The quantitative estimate of drug-likeness (QED) is 0.109. The van der Waals surface area contributed by atoms with E-state index >= 15 is 4.39 Å². The zero-order valence-corrected chi connectivity index (χ0v) is 24.8. The maximum Gasteiger partial charge on any atom is 0.459 e. The minimum Gasteiger partial charge on any atom is -0.464 e. The van der Waals surface area contributed by atoms with Crippen LogP contribution in [0.15, 0.2) is 72.7 Å². The molecule has 0 radical (unpaired) electrons. The van der Waals surface area contributed by atoms with Gasteiger partial charge in [0.2, 0.25) is 5.91 Å². The molecule has 1 unspecified atom stereocenters. The average Bonchev–Trinajstić information content (AvgIpc) is 3.19. The van der Waals surface area contributed by atoms with Crippen LogP contribution in [0.4, 0.5) is 10.2 Å². The maximum atomic E-state index is 15.8. The molecule has 1 aliphatic rings. The lowest BCUT2D eigenvalue weighted by atomic mass is 9.98. The SMILES string of the molecule is C=CCCOC(=O)[C@H](C)N[P@](=O)(OC[C@H]1O[C@@H](n2ccc(NC(=O)CCC=C)nc2=O)[C@@](C)(F)C1O)Oc1ccccc1. The molecule has 1 aliphatic heterocycles. The van der Waals surface area contributed by atoms with Crippen LogP contribution in [0.1, 0.15) is 39.3 Å². The van der Waals surface area contributed by atoms with Crippen molar-refractivity contribution in [2.45, 2.75) is 63.3 Å². The van der Waals surface area contributed by atoms with Crippen molar-refractivity contribution in [3.63, 3.8) is 0 Å². The number of rotatable bonds is 16. The van der Waals surface area contributed by atoms with Crippen LogP contribution in [0.5, 0.6) is 5.75 Å². The van der Waals surface area contributed by atoms with Gasteiger partial charge in [-0.3, -0.25) is 18.7 Å². The summed E-state index contributed by atoms with van der Waals surface area (Å²) >= 11 is 0. The molecule has 2 heterocycles. The third-order valence-electron chi connectivity index (χ3n) is 6.29. The molecule has 0 saturated carbocycles. The fourth-order valence-corrected chi connectivity index (χ4v) is 5.49. The van der Waals surface area contributed by atoms with Crippen molar-refractivity contribution >= 4 is 25.4 Å². The molecule has 1 fully saturated rings. The molecule has 3 rings (SSSR count). The molecule has 15 heteroatoms. The molecule has 0 bridgehead atoms. The van der Waals surface area contributed by atoms with Gasteiger partial charge in [0.25, 0.3) is 0 Å². The number of alkyl halides is 1. The van der Waals surface area contributed by atoms with E-state index in [4.69, 9.17) is 18.5 Å². The number of ether oxygens (including phenoxy) is 2. The predicted molar refractivity (Wildman–Crippen MR) is 155 cm³/mol. The first-order chi connectivity index (χ1) is 20.4. The highest BCUT2D eigenvalue weighted by Crippen LogP contribution is 2.47. The fourth-order valence-electron chi connectivity index (χ4n) is 3.99. The molecule has 0 aliphatic carbocycles. The van der Waals surface area contributed by atoms with Crippen molar-refractivity contribution in [2.24, 2.45) is 0 Å². The summed E-state index contributed by atoms with van der Waals surface area (Å²) in [6.45, 7) is 8.91. The number of hydrogen-bond donors (Lipinski definition) is 3. The minimum absolute atomic E-state index is 0.0449. The summed E-state index contributed by atoms with van der Waals surface area (Å²) in [6, 6.07) is 8.10. The molecule has 1 aromatic carbocycles. The van der Waals surface area contributed by atoms with Gasteiger partial charge in [-0.05, 0) is 44.9 Å². The number of aliphatic hydroxyl groups excluding tert-OH is 1. The second-order valence-corrected chi connectivity index (χ2v) is 11.5. The van der Waals surface area contributed by atoms with Gasteiger partial charge in [0.15, 0.2) is 11.9 Å². The van der Waals surface area contributed by atoms with E-state index in [1.807, 2.05) is 0 Å². The fraction of sp³-hybridized carbons (Fsp3) is 0.429. The van der Waals surface area contributed by atoms with E-state index in [0.29, 0.717) is 12.8 Å². The van der Waals surface area contributed by atoms with Crippen LogP contribution in [-0.2, 0) is 28.2 Å². The smallest absolute Gasteiger partial charge is 0.459 e. The van der Waals surface area contributed by atoms with Crippen molar-refractivity contribution in [1.82, 2.24) is 14.6 Å². The van der Waals surface area contributed by atoms with Crippen molar-refractivity contribution in [2.75, 3.05) is 18.5 Å². The van der Waals surface area contributed by atoms with Crippen LogP contribution in [-0.4, -0.2) is 63.7 Å². The minimum atomic E-state index is -4.35. The van der Waals surface area contributed by atoms with E-state index in [1.54, 1.807) is 30.4 Å². The van der Waals surface area contributed by atoms with E-state index in [0.717, 1.165) is 11.5 Å². The summed E-state index contributed by atoms with van der Waals surface area (Å²) in [5, 5.41) is 15.7.